The van der Waals surface area contributed by atoms with Gasteiger partial charge < -0.3 is 15.7 Å². The predicted molar refractivity (Wildman–Crippen MR) is 64.4 cm³/mol. The molecule has 0 saturated carbocycles. The molecule has 1 aliphatic rings. The summed E-state index contributed by atoms with van der Waals surface area (Å²) in [6, 6.07) is 2.06. The number of pyridine rings is 1. The highest BCUT2D eigenvalue weighted by Crippen LogP contribution is 2.26. The lowest BCUT2D eigenvalue weighted by Crippen LogP contribution is -2.24. The second-order valence-corrected chi connectivity index (χ2v) is 4.44. The van der Waals surface area contributed by atoms with Gasteiger partial charge in [-0.2, -0.15) is 0 Å². The van der Waals surface area contributed by atoms with Crippen molar-refractivity contribution in [3.8, 4) is 0 Å². The summed E-state index contributed by atoms with van der Waals surface area (Å²) in [4.78, 5) is 6.63. The number of anilines is 1. The molecule has 0 aromatic carbocycles. The van der Waals surface area contributed by atoms with Gasteiger partial charge in [-0.25, -0.2) is 0 Å². The first-order chi connectivity index (χ1) is 7.61. The van der Waals surface area contributed by atoms with E-state index in [4.69, 9.17) is 5.73 Å². The van der Waals surface area contributed by atoms with E-state index in [9.17, 15) is 5.11 Å². The number of hydrogen-bond acceptors (Lipinski definition) is 4. The predicted octanol–water partition coefficient (Wildman–Crippen LogP) is 0.728. The second kappa shape index (κ2) is 4.39. The van der Waals surface area contributed by atoms with Crippen LogP contribution in [0.5, 0.6) is 0 Å². The fourth-order valence-corrected chi connectivity index (χ4v) is 2.33. The molecule has 0 aliphatic carbocycles. The highest BCUT2D eigenvalue weighted by molar-refractivity contribution is 5.56. The Morgan fingerprint density at radius 3 is 2.88 bits per heavy atom. The van der Waals surface area contributed by atoms with Crippen molar-refractivity contribution in [2.75, 3.05) is 18.0 Å². The number of aliphatic hydroxyl groups excluding tert-OH is 1. The van der Waals surface area contributed by atoms with E-state index < -0.39 is 0 Å². The van der Waals surface area contributed by atoms with Gasteiger partial charge in [0.25, 0.3) is 0 Å². The maximum atomic E-state index is 9.57. The Kier molecular flexibility index (Phi) is 3.12. The molecule has 16 heavy (non-hydrogen) atoms. The fraction of sp³-hybridized carbons (Fsp3) is 0.583. The van der Waals surface area contributed by atoms with E-state index in [1.54, 1.807) is 0 Å². The minimum atomic E-state index is -0.209. The Labute approximate surface area is 96.1 Å². The average Bonchev–Trinajstić information content (AvgIpc) is 2.63. The van der Waals surface area contributed by atoms with Crippen molar-refractivity contribution in [3.05, 3.63) is 23.0 Å². The lowest BCUT2D eigenvalue weighted by molar-refractivity contribution is 0.198. The van der Waals surface area contributed by atoms with Crippen molar-refractivity contribution < 1.29 is 5.11 Å². The van der Waals surface area contributed by atoms with Gasteiger partial charge in [-0.1, -0.05) is 0 Å². The van der Waals surface area contributed by atoms with E-state index in [-0.39, 0.29) is 6.10 Å². The smallest absolute Gasteiger partial charge is 0.0731 e. The Bertz CT molecular complexity index is 392. The number of rotatable bonds is 2. The standard InChI is InChI=1S/C12H19N3O/c1-8-5-12(11(6-13)9(2)14-8)15-4-3-10(16)7-15/h5,10,16H,3-4,6-7,13H2,1-2H3. The van der Waals surface area contributed by atoms with Crippen LogP contribution in [0.3, 0.4) is 0 Å². The molecule has 4 nitrogen and oxygen atoms in total. The van der Waals surface area contributed by atoms with Crippen LogP contribution in [0.4, 0.5) is 5.69 Å². The average molecular weight is 221 g/mol. The van der Waals surface area contributed by atoms with Crippen LogP contribution >= 0.6 is 0 Å². The van der Waals surface area contributed by atoms with E-state index in [0.29, 0.717) is 13.1 Å². The number of nitrogens with two attached hydrogens (primary N) is 1. The van der Waals surface area contributed by atoms with Gasteiger partial charge in [-0.15, -0.1) is 0 Å². The molecule has 1 aliphatic heterocycles. The Morgan fingerprint density at radius 2 is 2.31 bits per heavy atom. The first kappa shape index (κ1) is 11.4. The third-order valence-corrected chi connectivity index (χ3v) is 3.14. The van der Waals surface area contributed by atoms with E-state index in [0.717, 1.165) is 35.6 Å². The lowest BCUT2D eigenvalue weighted by Gasteiger charge is -2.22. The van der Waals surface area contributed by atoms with Crippen molar-refractivity contribution in [1.29, 1.82) is 0 Å². The zero-order chi connectivity index (χ0) is 11.7. The van der Waals surface area contributed by atoms with Crippen LogP contribution in [0.15, 0.2) is 6.07 Å². The lowest BCUT2D eigenvalue weighted by atomic mass is 10.1. The van der Waals surface area contributed by atoms with Crippen LogP contribution < -0.4 is 10.6 Å². The van der Waals surface area contributed by atoms with Gasteiger partial charge >= 0.3 is 0 Å². The van der Waals surface area contributed by atoms with Crippen molar-refractivity contribution in [3.63, 3.8) is 0 Å². The topological polar surface area (TPSA) is 62.4 Å². The molecule has 4 heteroatoms. The minimum absolute atomic E-state index is 0.209. The van der Waals surface area contributed by atoms with Crippen LogP contribution in [0.2, 0.25) is 0 Å². The van der Waals surface area contributed by atoms with Crippen LogP contribution in [-0.2, 0) is 6.54 Å². The first-order valence-corrected chi connectivity index (χ1v) is 5.72. The summed E-state index contributed by atoms with van der Waals surface area (Å²) in [5.41, 5.74) is 10.0. The summed E-state index contributed by atoms with van der Waals surface area (Å²) >= 11 is 0. The first-order valence-electron chi connectivity index (χ1n) is 5.72. The summed E-state index contributed by atoms with van der Waals surface area (Å²) in [5.74, 6) is 0. The number of β-amino-alcohol motifs (C(OH)–C–C–N with tert-alkyl or cyclic N) is 1. The molecule has 0 spiro atoms. The Balaban J connectivity index is 2.38. The molecule has 2 rings (SSSR count). The summed E-state index contributed by atoms with van der Waals surface area (Å²) in [6.45, 7) is 6.09. The van der Waals surface area contributed by atoms with E-state index >= 15 is 0 Å². The van der Waals surface area contributed by atoms with Gasteiger partial charge in [0.2, 0.25) is 0 Å². The molecular formula is C12H19N3O. The van der Waals surface area contributed by atoms with Crippen molar-refractivity contribution in [1.82, 2.24) is 4.98 Å². The number of hydrogen-bond donors (Lipinski definition) is 2. The molecule has 1 saturated heterocycles. The molecule has 3 N–H and O–H groups in total. The van der Waals surface area contributed by atoms with Crippen LogP contribution in [0, 0.1) is 13.8 Å². The molecule has 1 aromatic rings. The second-order valence-electron chi connectivity index (χ2n) is 4.44. The molecule has 1 atom stereocenters. The highest BCUT2D eigenvalue weighted by atomic mass is 16.3. The van der Waals surface area contributed by atoms with Gasteiger partial charge in [-0.3, -0.25) is 4.98 Å². The SMILES string of the molecule is Cc1cc(N2CCC(O)C2)c(CN)c(C)n1. The van der Waals surface area contributed by atoms with Crippen LogP contribution in [0.25, 0.3) is 0 Å². The molecule has 2 heterocycles. The molecule has 1 unspecified atom stereocenters. The molecule has 88 valence electrons. The van der Waals surface area contributed by atoms with Crippen LogP contribution in [-0.4, -0.2) is 29.3 Å². The van der Waals surface area contributed by atoms with E-state index in [2.05, 4.69) is 16.0 Å². The van der Waals surface area contributed by atoms with Crippen molar-refractivity contribution in [2.45, 2.75) is 32.9 Å². The fourth-order valence-electron chi connectivity index (χ4n) is 2.33. The highest BCUT2D eigenvalue weighted by Gasteiger charge is 2.23. The van der Waals surface area contributed by atoms with Gasteiger partial charge in [0, 0.05) is 42.3 Å². The van der Waals surface area contributed by atoms with E-state index in [1.165, 1.54) is 0 Å². The third kappa shape index (κ3) is 2.03. The molecule has 0 radical (unpaired) electrons. The maximum Gasteiger partial charge on any atom is 0.0731 e. The van der Waals surface area contributed by atoms with E-state index in [1.807, 2.05) is 13.8 Å². The monoisotopic (exact) mass is 221 g/mol. The molecule has 1 fully saturated rings. The van der Waals surface area contributed by atoms with Crippen LogP contribution in [0.1, 0.15) is 23.4 Å². The van der Waals surface area contributed by atoms with Gasteiger partial charge in [-0.05, 0) is 26.3 Å². The molecule has 0 amide bonds. The number of aromatic nitrogens is 1. The Morgan fingerprint density at radius 1 is 1.56 bits per heavy atom. The third-order valence-electron chi connectivity index (χ3n) is 3.14. The van der Waals surface area contributed by atoms with Crippen molar-refractivity contribution in [2.24, 2.45) is 5.73 Å². The normalized spacial score (nSPS) is 20.5. The maximum absolute atomic E-state index is 9.57. The molecule has 1 aromatic heterocycles. The number of nitrogens with zero attached hydrogens (tertiary/aromatic N) is 2. The summed E-state index contributed by atoms with van der Waals surface area (Å²) in [6.07, 6.45) is 0.629. The minimum Gasteiger partial charge on any atom is -0.391 e. The Hall–Kier alpha value is -1.13. The quantitative estimate of drug-likeness (QED) is 0.773. The summed E-state index contributed by atoms with van der Waals surface area (Å²) in [5, 5.41) is 9.57. The van der Waals surface area contributed by atoms with Gasteiger partial charge in [0.15, 0.2) is 0 Å². The zero-order valence-corrected chi connectivity index (χ0v) is 9.90. The molecule has 0 bridgehead atoms. The summed E-state index contributed by atoms with van der Waals surface area (Å²) in [7, 11) is 0. The zero-order valence-electron chi connectivity index (χ0n) is 9.90. The largest absolute Gasteiger partial charge is 0.391 e. The number of aryl methyl sites for hydroxylation is 2. The van der Waals surface area contributed by atoms with Gasteiger partial charge in [0.05, 0.1) is 6.10 Å². The number of aliphatic hydroxyl groups is 1. The molecular weight excluding hydrogens is 202 g/mol. The van der Waals surface area contributed by atoms with Crippen molar-refractivity contribution >= 4 is 5.69 Å². The van der Waals surface area contributed by atoms with Gasteiger partial charge in [0.1, 0.15) is 0 Å². The summed E-state index contributed by atoms with van der Waals surface area (Å²) < 4.78 is 0.